The van der Waals surface area contributed by atoms with E-state index in [4.69, 9.17) is 16.0 Å². The Morgan fingerprint density at radius 3 is 2.59 bits per heavy atom. The Bertz CT molecular complexity index is 911. The maximum atomic E-state index is 13.0. The van der Waals surface area contributed by atoms with Crippen LogP contribution < -0.4 is 4.90 Å². The van der Waals surface area contributed by atoms with Gasteiger partial charge in [-0.1, -0.05) is 36.8 Å². The predicted molar refractivity (Wildman–Crippen MR) is 118 cm³/mol. The molecule has 1 amide bonds. The van der Waals surface area contributed by atoms with Gasteiger partial charge >= 0.3 is 0 Å². The van der Waals surface area contributed by atoms with E-state index in [0.29, 0.717) is 21.4 Å². The second-order valence-corrected chi connectivity index (χ2v) is 7.92. The summed E-state index contributed by atoms with van der Waals surface area (Å²) in [6, 6.07) is 8.93. The standard InChI is InChI=1S/C18H19BrClN3O2S.ClH/c1-3-22(4-2)9-10-23(17(24)14-7-8-16(19)25-14)18-21-13-6-5-12(20)11-15(13)26-18;/h5-8,11H,3-4,9-10H2,1-2H3;1H. The summed E-state index contributed by atoms with van der Waals surface area (Å²) in [7, 11) is 0. The van der Waals surface area contributed by atoms with Crippen LogP contribution in [0.1, 0.15) is 24.4 Å². The van der Waals surface area contributed by atoms with E-state index in [1.54, 1.807) is 23.1 Å². The largest absolute Gasteiger partial charge is 0.444 e. The Hall–Kier alpha value is -1.12. The van der Waals surface area contributed by atoms with Crippen LogP contribution in [0, 0.1) is 0 Å². The molecule has 0 fully saturated rings. The molecule has 9 heteroatoms. The zero-order valence-electron chi connectivity index (χ0n) is 14.9. The Morgan fingerprint density at radius 1 is 1.22 bits per heavy atom. The van der Waals surface area contributed by atoms with Gasteiger partial charge in [0.2, 0.25) is 0 Å². The quantitative estimate of drug-likeness (QED) is 0.423. The van der Waals surface area contributed by atoms with E-state index in [1.165, 1.54) is 11.3 Å². The molecule has 0 aliphatic rings. The molecule has 27 heavy (non-hydrogen) atoms. The molecule has 0 spiro atoms. The monoisotopic (exact) mass is 491 g/mol. The maximum Gasteiger partial charge on any atom is 0.295 e. The van der Waals surface area contributed by atoms with E-state index in [9.17, 15) is 4.79 Å². The maximum absolute atomic E-state index is 13.0. The molecule has 0 N–H and O–H groups in total. The summed E-state index contributed by atoms with van der Waals surface area (Å²) >= 11 is 10.8. The highest BCUT2D eigenvalue weighted by Crippen LogP contribution is 2.31. The predicted octanol–water partition coefficient (Wildman–Crippen LogP) is 5.72. The topological polar surface area (TPSA) is 49.6 Å². The van der Waals surface area contributed by atoms with Crippen molar-refractivity contribution < 1.29 is 9.21 Å². The Kier molecular flexibility index (Phi) is 8.12. The number of carbonyl (C=O) groups excluding carboxylic acids is 1. The molecule has 0 unspecified atom stereocenters. The van der Waals surface area contributed by atoms with Crippen molar-refractivity contribution in [1.82, 2.24) is 9.88 Å². The zero-order valence-corrected chi connectivity index (χ0v) is 18.9. The third-order valence-electron chi connectivity index (χ3n) is 4.13. The molecular formula is C18H20BrCl2N3O2S. The van der Waals surface area contributed by atoms with Crippen molar-refractivity contribution in [3.05, 3.63) is 45.8 Å². The first-order chi connectivity index (χ1) is 12.5. The second kappa shape index (κ2) is 9.89. The SMILES string of the molecule is CCN(CC)CCN(C(=O)c1ccc(Br)o1)c1nc2ccc(Cl)cc2s1.Cl. The van der Waals surface area contributed by atoms with Gasteiger partial charge < -0.3 is 9.32 Å². The number of carbonyl (C=O) groups is 1. The molecule has 1 aromatic carbocycles. The van der Waals surface area contributed by atoms with Gasteiger partial charge in [0, 0.05) is 18.1 Å². The van der Waals surface area contributed by atoms with Crippen molar-refractivity contribution in [2.75, 3.05) is 31.1 Å². The Balaban J connectivity index is 0.00000261. The molecule has 2 aromatic heterocycles. The van der Waals surface area contributed by atoms with Crippen LogP contribution in [0.3, 0.4) is 0 Å². The number of aromatic nitrogens is 1. The van der Waals surface area contributed by atoms with Crippen LogP contribution in [0.5, 0.6) is 0 Å². The van der Waals surface area contributed by atoms with Crippen molar-refractivity contribution in [2.24, 2.45) is 0 Å². The lowest BCUT2D eigenvalue weighted by molar-refractivity contribution is 0.0956. The highest BCUT2D eigenvalue weighted by Gasteiger charge is 2.24. The lowest BCUT2D eigenvalue weighted by Crippen LogP contribution is -2.38. The van der Waals surface area contributed by atoms with Gasteiger partial charge in [0.1, 0.15) is 0 Å². The summed E-state index contributed by atoms with van der Waals surface area (Å²) in [4.78, 5) is 21.6. The number of anilines is 1. The van der Waals surface area contributed by atoms with Crippen molar-refractivity contribution in [3.63, 3.8) is 0 Å². The van der Waals surface area contributed by atoms with E-state index in [0.717, 1.165) is 29.9 Å². The van der Waals surface area contributed by atoms with Gasteiger partial charge in [0.15, 0.2) is 15.6 Å². The first kappa shape index (κ1) is 22.2. The molecule has 3 rings (SSSR count). The summed E-state index contributed by atoms with van der Waals surface area (Å²) in [6.07, 6.45) is 0. The molecule has 0 bridgehead atoms. The normalized spacial score (nSPS) is 11.0. The minimum Gasteiger partial charge on any atom is -0.444 e. The molecule has 0 aliphatic carbocycles. The van der Waals surface area contributed by atoms with Crippen LogP contribution in [0.15, 0.2) is 39.4 Å². The number of benzene rings is 1. The molecule has 0 atom stereocenters. The lowest BCUT2D eigenvalue weighted by atomic mass is 10.3. The average molecular weight is 493 g/mol. The number of likely N-dealkylation sites (N-methyl/N-ethyl adjacent to an activating group) is 1. The molecular weight excluding hydrogens is 473 g/mol. The fourth-order valence-corrected chi connectivity index (χ4v) is 4.20. The third kappa shape index (κ3) is 5.23. The van der Waals surface area contributed by atoms with Gasteiger partial charge in [-0.25, -0.2) is 4.98 Å². The minimum atomic E-state index is -0.201. The lowest BCUT2D eigenvalue weighted by Gasteiger charge is -2.24. The fourth-order valence-electron chi connectivity index (χ4n) is 2.63. The van der Waals surface area contributed by atoms with Gasteiger partial charge in [-0.05, 0) is 59.4 Å². The fraction of sp³-hybridized carbons (Fsp3) is 0.333. The van der Waals surface area contributed by atoms with Crippen LogP contribution in [0.2, 0.25) is 5.02 Å². The van der Waals surface area contributed by atoms with Gasteiger partial charge in [0.25, 0.3) is 5.91 Å². The first-order valence-corrected chi connectivity index (χ1v) is 10.4. The van der Waals surface area contributed by atoms with Crippen LogP contribution in [0.25, 0.3) is 10.2 Å². The van der Waals surface area contributed by atoms with Crippen molar-refractivity contribution in [2.45, 2.75) is 13.8 Å². The highest BCUT2D eigenvalue weighted by atomic mass is 79.9. The number of hydrogen-bond donors (Lipinski definition) is 0. The van der Waals surface area contributed by atoms with E-state index in [-0.39, 0.29) is 24.1 Å². The van der Waals surface area contributed by atoms with Crippen molar-refractivity contribution >= 4 is 72.5 Å². The zero-order chi connectivity index (χ0) is 18.7. The number of hydrogen-bond acceptors (Lipinski definition) is 5. The smallest absolute Gasteiger partial charge is 0.295 e. The number of nitrogens with zero attached hydrogens (tertiary/aromatic N) is 3. The molecule has 5 nitrogen and oxygen atoms in total. The Morgan fingerprint density at radius 2 is 1.96 bits per heavy atom. The number of fused-ring (bicyclic) bond motifs is 1. The molecule has 0 radical (unpaired) electrons. The molecule has 146 valence electrons. The van der Waals surface area contributed by atoms with Crippen LogP contribution in [0.4, 0.5) is 5.13 Å². The molecule has 0 aliphatic heterocycles. The Labute approximate surface area is 181 Å². The van der Waals surface area contributed by atoms with Crippen molar-refractivity contribution in [3.8, 4) is 0 Å². The van der Waals surface area contributed by atoms with E-state index < -0.39 is 0 Å². The molecule has 0 saturated heterocycles. The van der Waals surface area contributed by atoms with Crippen LogP contribution in [-0.2, 0) is 0 Å². The number of thiazole rings is 1. The van der Waals surface area contributed by atoms with E-state index >= 15 is 0 Å². The summed E-state index contributed by atoms with van der Waals surface area (Å²) < 4.78 is 6.95. The van der Waals surface area contributed by atoms with Crippen molar-refractivity contribution in [1.29, 1.82) is 0 Å². The first-order valence-electron chi connectivity index (χ1n) is 8.37. The van der Waals surface area contributed by atoms with Crippen LogP contribution >= 0.6 is 51.3 Å². The van der Waals surface area contributed by atoms with Gasteiger partial charge in [-0.2, -0.15) is 0 Å². The average Bonchev–Trinajstić information content (AvgIpc) is 3.24. The molecule has 3 aromatic rings. The summed E-state index contributed by atoms with van der Waals surface area (Å²) in [5, 5.41) is 1.30. The third-order valence-corrected chi connectivity index (χ3v) is 5.84. The number of amides is 1. The van der Waals surface area contributed by atoms with Gasteiger partial charge in [-0.15, -0.1) is 12.4 Å². The minimum absolute atomic E-state index is 0. The van der Waals surface area contributed by atoms with Gasteiger partial charge in [-0.3, -0.25) is 9.69 Å². The van der Waals surface area contributed by atoms with Gasteiger partial charge in [0.05, 0.1) is 10.2 Å². The highest BCUT2D eigenvalue weighted by molar-refractivity contribution is 9.10. The van der Waals surface area contributed by atoms with Crippen LogP contribution in [-0.4, -0.2) is 42.0 Å². The summed E-state index contributed by atoms with van der Waals surface area (Å²) in [5.74, 6) is 0.0849. The number of halogens is 3. The van der Waals surface area contributed by atoms with E-state index in [2.05, 4.69) is 39.7 Å². The summed E-state index contributed by atoms with van der Waals surface area (Å²) in [6.45, 7) is 7.38. The number of furan rings is 1. The van der Waals surface area contributed by atoms with E-state index in [1.807, 2.05) is 12.1 Å². The molecule has 2 heterocycles. The second-order valence-electron chi connectivity index (χ2n) is 5.70. The molecule has 0 saturated carbocycles. The summed E-state index contributed by atoms with van der Waals surface area (Å²) in [5.41, 5.74) is 0.829. The number of rotatable bonds is 7.